The molecule has 0 unspecified atom stereocenters. The Balaban J connectivity index is 1.31. The molecular formula is C25H25N7O3S. The number of anilines is 2. The van der Waals surface area contributed by atoms with Gasteiger partial charge in [0.2, 0.25) is 11.1 Å². The second-order valence-corrected chi connectivity index (χ2v) is 8.34. The molecule has 0 fully saturated rings. The lowest BCUT2D eigenvalue weighted by Crippen LogP contribution is -2.17. The first-order valence-electron chi connectivity index (χ1n) is 10.9. The normalized spacial score (nSPS) is 10.8. The summed E-state index contributed by atoms with van der Waals surface area (Å²) in [4.78, 5) is 12.3. The lowest BCUT2D eigenvalue weighted by Gasteiger charge is -2.09. The Morgan fingerprint density at radius 1 is 1.03 bits per heavy atom. The molecule has 0 saturated carbocycles. The smallest absolute Gasteiger partial charge is 0.264 e. The molecule has 0 atom stereocenters. The number of para-hydroxylation sites is 3. The monoisotopic (exact) mass is 503 g/mol. The molecule has 36 heavy (non-hydrogen) atoms. The summed E-state index contributed by atoms with van der Waals surface area (Å²) in [5.74, 6) is 7.42. The first kappa shape index (κ1) is 24.6. The molecule has 0 aliphatic rings. The Kier molecular flexibility index (Phi) is 8.39. The summed E-state index contributed by atoms with van der Waals surface area (Å²) < 4.78 is 12.4. The summed E-state index contributed by atoms with van der Waals surface area (Å²) >= 11 is 1.15. The van der Waals surface area contributed by atoms with Gasteiger partial charge in [-0.1, -0.05) is 66.4 Å². The zero-order valence-corrected chi connectivity index (χ0v) is 20.3. The van der Waals surface area contributed by atoms with Crippen LogP contribution in [0.5, 0.6) is 11.5 Å². The second-order valence-electron chi connectivity index (χ2n) is 7.40. The Morgan fingerprint density at radius 2 is 1.75 bits per heavy atom. The van der Waals surface area contributed by atoms with Crippen LogP contribution >= 0.6 is 11.8 Å². The minimum absolute atomic E-state index is 0.0861. The number of hydrogen-bond donors (Lipinski definition) is 3. The zero-order valence-electron chi connectivity index (χ0n) is 19.5. The minimum Gasteiger partial charge on any atom is -0.495 e. The summed E-state index contributed by atoms with van der Waals surface area (Å²) in [5, 5.41) is 15.4. The molecule has 0 aliphatic carbocycles. The zero-order chi connectivity index (χ0) is 25.2. The Hall–Kier alpha value is -4.51. The number of carbonyl (C=O) groups is 1. The maximum absolute atomic E-state index is 12.3. The second kappa shape index (κ2) is 12.3. The predicted octanol–water partition coefficient (Wildman–Crippen LogP) is 3.76. The van der Waals surface area contributed by atoms with Gasteiger partial charge in [-0.2, -0.15) is 5.10 Å². The van der Waals surface area contributed by atoms with E-state index in [1.807, 2.05) is 66.7 Å². The summed E-state index contributed by atoms with van der Waals surface area (Å²) in [5.41, 5.74) is 5.21. The number of carbonyl (C=O) groups excluding carboxylic acids is 1. The van der Waals surface area contributed by atoms with Crippen molar-refractivity contribution in [2.24, 2.45) is 5.10 Å². The number of thioether (sulfide) groups is 1. The Morgan fingerprint density at radius 3 is 2.56 bits per heavy atom. The van der Waals surface area contributed by atoms with Crippen LogP contribution in [0, 0.1) is 0 Å². The summed E-state index contributed by atoms with van der Waals surface area (Å²) in [6, 6.07) is 24.6. The molecule has 0 radical (unpaired) electrons. The average Bonchev–Trinajstić information content (AvgIpc) is 3.26. The van der Waals surface area contributed by atoms with Gasteiger partial charge in [-0.15, -0.1) is 10.2 Å². The van der Waals surface area contributed by atoms with Gasteiger partial charge >= 0.3 is 0 Å². The van der Waals surface area contributed by atoms with Gasteiger partial charge in [0.05, 0.1) is 24.8 Å². The third-order valence-corrected chi connectivity index (χ3v) is 5.85. The van der Waals surface area contributed by atoms with Crippen molar-refractivity contribution in [1.82, 2.24) is 14.9 Å². The predicted molar refractivity (Wildman–Crippen MR) is 141 cm³/mol. The highest BCUT2D eigenvalue weighted by Crippen LogP contribution is 2.24. The lowest BCUT2D eigenvalue weighted by molar-refractivity contribution is -0.113. The van der Waals surface area contributed by atoms with Gasteiger partial charge in [-0.05, 0) is 29.8 Å². The topological polar surface area (TPSA) is 129 Å². The van der Waals surface area contributed by atoms with Gasteiger partial charge in [-0.3, -0.25) is 4.79 Å². The molecule has 4 rings (SSSR count). The lowest BCUT2D eigenvalue weighted by atomic mass is 10.2. The molecule has 10 nitrogen and oxygen atoms in total. The van der Waals surface area contributed by atoms with E-state index in [-0.39, 0.29) is 17.6 Å². The minimum atomic E-state index is -0.230. The number of hydrazone groups is 1. The molecule has 4 aromatic rings. The van der Waals surface area contributed by atoms with E-state index in [9.17, 15) is 4.79 Å². The summed E-state index contributed by atoms with van der Waals surface area (Å²) in [7, 11) is 1.55. The highest BCUT2D eigenvalue weighted by molar-refractivity contribution is 7.99. The molecule has 0 saturated heterocycles. The van der Waals surface area contributed by atoms with Gasteiger partial charge < -0.3 is 20.6 Å². The van der Waals surface area contributed by atoms with Crippen LogP contribution in [-0.2, 0) is 11.4 Å². The number of nitrogen functional groups attached to an aromatic ring is 1. The third-order valence-electron chi connectivity index (χ3n) is 4.90. The van der Waals surface area contributed by atoms with Crippen molar-refractivity contribution >= 4 is 35.5 Å². The molecule has 3 aromatic carbocycles. The largest absolute Gasteiger partial charge is 0.495 e. The molecule has 0 spiro atoms. The van der Waals surface area contributed by atoms with Gasteiger partial charge in [0.1, 0.15) is 18.1 Å². The van der Waals surface area contributed by atoms with Crippen LogP contribution in [-0.4, -0.2) is 39.9 Å². The Bertz CT molecular complexity index is 1330. The first-order valence-corrected chi connectivity index (χ1v) is 11.9. The van der Waals surface area contributed by atoms with Crippen LogP contribution in [0.25, 0.3) is 0 Å². The first-order chi connectivity index (χ1) is 17.6. The van der Waals surface area contributed by atoms with E-state index in [0.29, 0.717) is 28.9 Å². The molecule has 1 aromatic heterocycles. The molecule has 0 aliphatic heterocycles. The maximum atomic E-state index is 12.3. The standard InChI is InChI=1S/C25H25N7O3S/c1-34-22-14-8-6-12-20(22)28-23(33)17-36-25-31-30-24(32(25)26)29-27-15-19-11-5-7-13-21(19)35-16-18-9-3-2-4-10-18/h2-15H,16-17,26H2,1H3,(H,28,33)(H,29,30)/b27-15+. The number of nitrogens with one attached hydrogen (secondary N) is 2. The number of benzene rings is 3. The van der Waals surface area contributed by atoms with Gasteiger partial charge in [-0.25, -0.2) is 10.1 Å². The van der Waals surface area contributed by atoms with E-state index in [2.05, 4.69) is 26.0 Å². The fourth-order valence-electron chi connectivity index (χ4n) is 3.13. The summed E-state index contributed by atoms with van der Waals surface area (Å²) in [6.07, 6.45) is 1.61. The van der Waals surface area contributed by atoms with Gasteiger partial charge in [0.15, 0.2) is 0 Å². The van der Waals surface area contributed by atoms with Crippen molar-refractivity contribution in [3.05, 3.63) is 90.0 Å². The van der Waals surface area contributed by atoms with Crippen LogP contribution in [0.3, 0.4) is 0 Å². The van der Waals surface area contributed by atoms with Crippen LogP contribution in [0.2, 0.25) is 0 Å². The number of hydrogen-bond acceptors (Lipinski definition) is 9. The highest BCUT2D eigenvalue weighted by Gasteiger charge is 2.13. The van der Waals surface area contributed by atoms with Crippen molar-refractivity contribution in [2.75, 3.05) is 29.4 Å². The van der Waals surface area contributed by atoms with Crippen LogP contribution in [0.15, 0.2) is 89.1 Å². The molecule has 1 heterocycles. The van der Waals surface area contributed by atoms with E-state index in [0.717, 1.165) is 22.9 Å². The van der Waals surface area contributed by atoms with E-state index in [1.165, 1.54) is 4.68 Å². The number of methoxy groups -OCH3 is 1. The number of amides is 1. The van der Waals surface area contributed by atoms with Crippen LogP contribution < -0.4 is 26.1 Å². The number of rotatable bonds is 11. The maximum Gasteiger partial charge on any atom is 0.264 e. The number of nitrogens with zero attached hydrogens (tertiary/aromatic N) is 4. The number of nitrogens with two attached hydrogens (primary N) is 1. The van der Waals surface area contributed by atoms with Crippen LogP contribution in [0.1, 0.15) is 11.1 Å². The Labute approximate surface area is 212 Å². The van der Waals surface area contributed by atoms with E-state index < -0.39 is 0 Å². The highest BCUT2D eigenvalue weighted by atomic mass is 32.2. The van der Waals surface area contributed by atoms with Crippen molar-refractivity contribution < 1.29 is 14.3 Å². The van der Waals surface area contributed by atoms with Gasteiger partial charge in [0.25, 0.3) is 5.95 Å². The quantitative estimate of drug-likeness (QED) is 0.122. The van der Waals surface area contributed by atoms with Gasteiger partial charge in [0, 0.05) is 5.56 Å². The third kappa shape index (κ3) is 6.54. The number of aromatic nitrogens is 3. The van der Waals surface area contributed by atoms with E-state index in [1.54, 1.807) is 25.5 Å². The fraction of sp³-hybridized carbons (Fsp3) is 0.120. The van der Waals surface area contributed by atoms with Crippen molar-refractivity contribution in [2.45, 2.75) is 11.8 Å². The molecule has 0 bridgehead atoms. The molecule has 4 N–H and O–H groups in total. The molecule has 1 amide bonds. The molecular weight excluding hydrogens is 478 g/mol. The molecule has 11 heteroatoms. The van der Waals surface area contributed by atoms with E-state index in [4.69, 9.17) is 15.3 Å². The molecule has 184 valence electrons. The van der Waals surface area contributed by atoms with Crippen LogP contribution in [0.4, 0.5) is 11.6 Å². The number of ether oxygens (including phenoxy) is 2. The van der Waals surface area contributed by atoms with Crippen molar-refractivity contribution in [3.63, 3.8) is 0 Å². The average molecular weight is 504 g/mol. The summed E-state index contributed by atoms with van der Waals surface area (Å²) in [6.45, 7) is 0.446. The fourth-order valence-corrected chi connectivity index (χ4v) is 3.79. The van der Waals surface area contributed by atoms with Crippen molar-refractivity contribution in [3.8, 4) is 11.5 Å². The van der Waals surface area contributed by atoms with Crippen molar-refractivity contribution in [1.29, 1.82) is 0 Å². The van der Waals surface area contributed by atoms with E-state index >= 15 is 0 Å². The SMILES string of the molecule is COc1ccccc1NC(=O)CSc1nnc(N/N=C/c2ccccc2OCc2ccccc2)n1N.